The van der Waals surface area contributed by atoms with Crippen molar-refractivity contribution in [2.75, 3.05) is 12.5 Å². The molecular formula is C11H12BrClO2. The van der Waals surface area contributed by atoms with E-state index in [4.69, 9.17) is 21.1 Å². The van der Waals surface area contributed by atoms with Gasteiger partial charge in [-0.2, -0.15) is 0 Å². The Morgan fingerprint density at radius 3 is 2.87 bits per heavy atom. The minimum Gasteiger partial charge on any atom is -0.343 e. The molecule has 0 spiro atoms. The lowest BCUT2D eigenvalue weighted by Gasteiger charge is -2.24. The Morgan fingerprint density at radius 1 is 1.53 bits per heavy atom. The van der Waals surface area contributed by atoms with Gasteiger partial charge in [-0.25, -0.2) is 0 Å². The first kappa shape index (κ1) is 11.4. The first-order valence-corrected chi connectivity index (χ1v) is 6.11. The van der Waals surface area contributed by atoms with Crippen molar-refractivity contribution in [1.29, 1.82) is 0 Å². The van der Waals surface area contributed by atoms with Crippen LogP contribution in [0, 0.1) is 0 Å². The molecule has 0 N–H and O–H groups in total. The molecule has 1 aliphatic heterocycles. The number of benzene rings is 1. The molecule has 1 aromatic carbocycles. The summed E-state index contributed by atoms with van der Waals surface area (Å²) in [7, 11) is 0. The lowest BCUT2D eigenvalue weighted by molar-refractivity contribution is -0.159. The van der Waals surface area contributed by atoms with Crippen LogP contribution in [0.15, 0.2) is 28.7 Å². The van der Waals surface area contributed by atoms with Crippen LogP contribution in [0.3, 0.4) is 0 Å². The Balaban J connectivity index is 2.27. The van der Waals surface area contributed by atoms with Crippen LogP contribution in [0.2, 0.25) is 0 Å². The number of alkyl halides is 1. The normalized spacial score (nSPS) is 30.7. The van der Waals surface area contributed by atoms with Crippen LogP contribution in [0.1, 0.15) is 12.5 Å². The summed E-state index contributed by atoms with van der Waals surface area (Å²) in [6.07, 6.45) is -0.0243. The van der Waals surface area contributed by atoms with E-state index < -0.39 is 5.79 Å². The van der Waals surface area contributed by atoms with Crippen LogP contribution in [-0.2, 0) is 15.3 Å². The Labute approximate surface area is 103 Å². The van der Waals surface area contributed by atoms with Gasteiger partial charge in [-0.05, 0) is 13.0 Å². The Bertz CT molecular complexity index is 358. The topological polar surface area (TPSA) is 18.5 Å². The maximum absolute atomic E-state index is 5.78. The largest absolute Gasteiger partial charge is 0.343 e. The predicted octanol–water partition coefficient (Wildman–Crippen LogP) is 3.28. The molecule has 0 amide bonds. The summed E-state index contributed by atoms with van der Waals surface area (Å²) in [5.41, 5.74) is 0.998. The SMILES string of the molecule is CC1(c2ccccc2Br)OCC(CCl)O1. The second kappa shape index (κ2) is 4.42. The second-order valence-corrected chi connectivity index (χ2v) is 4.79. The molecule has 2 unspecified atom stereocenters. The van der Waals surface area contributed by atoms with Crippen molar-refractivity contribution >= 4 is 27.5 Å². The van der Waals surface area contributed by atoms with E-state index in [0.29, 0.717) is 12.5 Å². The molecular weight excluding hydrogens is 279 g/mol. The van der Waals surface area contributed by atoms with Crippen LogP contribution >= 0.6 is 27.5 Å². The van der Waals surface area contributed by atoms with E-state index in [1.165, 1.54) is 0 Å². The maximum Gasteiger partial charge on any atom is 0.193 e. The molecule has 15 heavy (non-hydrogen) atoms. The van der Waals surface area contributed by atoms with Gasteiger partial charge in [0, 0.05) is 10.0 Å². The van der Waals surface area contributed by atoms with Crippen molar-refractivity contribution in [3.63, 3.8) is 0 Å². The Kier molecular flexibility index (Phi) is 3.36. The van der Waals surface area contributed by atoms with E-state index >= 15 is 0 Å². The lowest BCUT2D eigenvalue weighted by Crippen LogP contribution is -2.24. The van der Waals surface area contributed by atoms with Gasteiger partial charge in [-0.3, -0.25) is 0 Å². The molecule has 0 aromatic heterocycles. The molecule has 1 heterocycles. The third-order valence-electron chi connectivity index (χ3n) is 2.47. The molecule has 2 rings (SSSR count). The molecule has 0 bridgehead atoms. The molecule has 1 fully saturated rings. The fourth-order valence-corrected chi connectivity index (χ4v) is 2.48. The average molecular weight is 292 g/mol. The lowest BCUT2D eigenvalue weighted by atomic mass is 10.1. The summed E-state index contributed by atoms with van der Waals surface area (Å²) in [6, 6.07) is 7.89. The fourth-order valence-electron chi connectivity index (χ4n) is 1.68. The number of hydrogen-bond donors (Lipinski definition) is 0. The molecule has 1 aliphatic rings. The summed E-state index contributed by atoms with van der Waals surface area (Å²) in [5, 5.41) is 0. The van der Waals surface area contributed by atoms with Gasteiger partial charge in [0.1, 0.15) is 0 Å². The van der Waals surface area contributed by atoms with Gasteiger partial charge in [0.05, 0.1) is 18.6 Å². The van der Waals surface area contributed by atoms with Gasteiger partial charge < -0.3 is 9.47 Å². The van der Waals surface area contributed by atoms with E-state index in [2.05, 4.69) is 15.9 Å². The van der Waals surface area contributed by atoms with E-state index in [9.17, 15) is 0 Å². The summed E-state index contributed by atoms with van der Waals surface area (Å²) in [4.78, 5) is 0. The van der Waals surface area contributed by atoms with Crippen molar-refractivity contribution in [2.45, 2.75) is 18.8 Å². The minimum atomic E-state index is -0.681. The Hall–Kier alpha value is -0.0900. The molecule has 1 aromatic rings. The quantitative estimate of drug-likeness (QED) is 0.779. The van der Waals surface area contributed by atoms with Crippen LogP contribution in [0.4, 0.5) is 0 Å². The predicted molar refractivity (Wildman–Crippen MR) is 63.0 cm³/mol. The van der Waals surface area contributed by atoms with E-state index in [0.717, 1.165) is 10.0 Å². The first-order valence-electron chi connectivity index (χ1n) is 4.78. The molecule has 4 heteroatoms. The monoisotopic (exact) mass is 290 g/mol. The van der Waals surface area contributed by atoms with Gasteiger partial charge >= 0.3 is 0 Å². The van der Waals surface area contributed by atoms with Crippen LogP contribution in [-0.4, -0.2) is 18.6 Å². The van der Waals surface area contributed by atoms with Gasteiger partial charge in [-0.15, -0.1) is 11.6 Å². The van der Waals surface area contributed by atoms with Gasteiger partial charge in [0.15, 0.2) is 5.79 Å². The number of rotatable bonds is 2. The molecule has 2 atom stereocenters. The minimum absolute atomic E-state index is 0.0243. The highest BCUT2D eigenvalue weighted by Gasteiger charge is 2.39. The van der Waals surface area contributed by atoms with E-state index in [1.54, 1.807) is 0 Å². The second-order valence-electron chi connectivity index (χ2n) is 3.63. The number of halogens is 2. The van der Waals surface area contributed by atoms with Crippen LogP contribution in [0.5, 0.6) is 0 Å². The maximum atomic E-state index is 5.78. The zero-order chi connectivity index (χ0) is 10.9. The van der Waals surface area contributed by atoms with E-state index in [1.807, 2.05) is 31.2 Å². The molecule has 82 valence electrons. The molecule has 0 aliphatic carbocycles. The standard InChI is InChI=1S/C11H12BrClO2/c1-11(14-7-8(6-13)15-11)9-4-2-3-5-10(9)12/h2-5,8H,6-7H2,1H3. The van der Waals surface area contributed by atoms with Crippen LogP contribution < -0.4 is 0 Å². The fraction of sp³-hybridized carbons (Fsp3) is 0.455. The van der Waals surface area contributed by atoms with Crippen molar-refractivity contribution in [1.82, 2.24) is 0 Å². The van der Waals surface area contributed by atoms with Gasteiger partial charge in [0.2, 0.25) is 0 Å². The van der Waals surface area contributed by atoms with Crippen molar-refractivity contribution in [3.05, 3.63) is 34.3 Å². The number of hydrogen-bond acceptors (Lipinski definition) is 2. The van der Waals surface area contributed by atoms with E-state index in [-0.39, 0.29) is 6.10 Å². The highest BCUT2D eigenvalue weighted by molar-refractivity contribution is 9.10. The van der Waals surface area contributed by atoms with Gasteiger partial charge in [0.25, 0.3) is 0 Å². The highest BCUT2D eigenvalue weighted by Crippen LogP contribution is 2.37. The third kappa shape index (κ3) is 2.21. The molecule has 1 saturated heterocycles. The summed E-state index contributed by atoms with van der Waals surface area (Å²) in [6.45, 7) is 2.46. The van der Waals surface area contributed by atoms with Gasteiger partial charge in [-0.1, -0.05) is 34.1 Å². The zero-order valence-corrected chi connectivity index (χ0v) is 10.7. The summed E-state index contributed by atoms with van der Waals surface area (Å²) >= 11 is 9.24. The Morgan fingerprint density at radius 2 is 2.27 bits per heavy atom. The van der Waals surface area contributed by atoms with Crippen molar-refractivity contribution < 1.29 is 9.47 Å². The molecule has 2 nitrogen and oxygen atoms in total. The summed E-state index contributed by atoms with van der Waals surface area (Å²) in [5.74, 6) is -0.223. The van der Waals surface area contributed by atoms with Crippen molar-refractivity contribution in [2.24, 2.45) is 0 Å². The smallest absolute Gasteiger partial charge is 0.193 e. The zero-order valence-electron chi connectivity index (χ0n) is 8.37. The van der Waals surface area contributed by atoms with Crippen LogP contribution in [0.25, 0.3) is 0 Å². The third-order valence-corrected chi connectivity index (χ3v) is 3.51. The summed E-state index contributed by atoms with van der Waals surface area (Å²) < 4.78 is 12.4. The molecule has 0 radical (unpaired) electrons. The first-order chi connectivity index (χ1) is 7.15. The highest BCUT2D eigenvalue weighted by atomic mass is 79.9. The van der Waals surface area contributed by atoms with Crippen molar-refractivity contribution in [3.8, 4) is 0 Å². The number of ether oxygens (including phenoxy) is 2. The average Bonchev–Trinajstić information content (AvgIpc) is 2.62. The molecule has 0 saturated carbocycles.